The van der Waals surface area contributed by atoms with Crippen LogP contribution >= 0.6 is 45.2 Å². The molecule has 0 saturated heterocycles. The number of nitriles is 1. The molecule has 1 amide bonds. The van der Waals surface area contributed by atoms with E-state index in [1.807, 2.05) is 30.5 Å². The van der Waals surface area contributed by atoms with Gasteiger partial charge in [-0.1, -0.05) is 24.3 Å². The highest BCUT2D eigenvalue weighted by atomic mass is 127. The number of para-hydroxylation sites is 1. The number of nitrogens with zero attached hydrogens (tertiary/aromatic N) is 4. The molecule has 0 radical (unpaired) electrons. The maximum atomic E-state index is 13.6. The molecule has 0 aliphatic heterocycles. The van der Waals surface area contributed by atoms with E-state index in [9.17, 15) is 14.4 Å². The lowest BCUT2D eigenvalue weighted by atomic mass is 10.0. The third-order valence-corrected chi connectivity index (χ3v) is 5.86. The lowest BCUT2D eigenvalue weighted by Gasteiger charge is -2.11. The molecule has 4 rings (SSSR count). The molecule has 2 heterocycles. The molecule has 0 spiro atoms. The zero-order chi connectivity index (χ0) is 23.4. The number of alkyl halides is 3. The summed E-state index contributed by atoms with van der Waals surface area (Å²) in [6.07, 6.45) is 2.04. The number of amides is 1. The summed E-state index contributed by atoms with van der Waals surface area (Å²) in [5, 5.41) is 19.6. The van der Waals surface area contributed by atoms with Crippen molar-refractivity contribution in [2.24, 2.45) is 0 Å². The first-order valence-corrected chi connectivity index (χ1v) is 12.1. The molecule has 0 atom stereocenters. The van der Waals surface area contributed by atoms with Gasteiger partial charge in [0.1, 0.15) is 6.07 Å². The standard InChI is InChI=1S/C23H17FI2N6O/c24-23(25,26)10-11-28-21(33)16-6-3-5-15(12-16)18-8-9-20-30-22(31-32(20)14-18)29-19-7-2-1-4-17(19)13-27/h1-9,12,14H,10-11H2,(H,28,33)(H,29,31). The first-order valence-electron chi connectivity index (χ1n) is 9.90. The molecular formula is C23H17FI2N6O. The Hall–Kier alpha value is -2.79. The number of anilines is 2. The minimum absolute atomic E-state index is 0.220. The molecule has 4 aromatic rings. The van der Waals surface area contributed by atoms with Gasteiger partial charge in [-0.15, -0.1) is 5.10 Å². The van der Waals surface area contributed by atoms with Crippen molar-refractivity contribution in [2.75, 3.05) is 11.9 Å². The molecule has 0 saturated carbocycles. The molecule has 166 valence electrons. The Balaban J connectivity index is 1.54. The third kappa shape index (κ3) is 5.97. The minimum atomic E-state index is -1.39. The van der Waals surface area contributed by atoms with Crippen molar-refractivity contribution in [3.63, 3.8) is 0 Å². The normalized spacial score (nSPS) is 11.2. The SMILES string of the molecule is N#Cc1ccccc1Nc1nc2ccc(-c3cccc(C(=O)NCCC(F)(I)I)c3)cn2n1. The van der Waals surface area contributed by atoms with Crippen LogP contribution in [0.15, 0.2) is 66.9 Å². The number of pyridine rings is 1. The van der Waals surface area contributed by atoms with Gasteiger partial charge in [0.2, 0.25) is 7.63 Å². The number of halogens is 3. The Bertz CT molecular complexity index is 1360. The number of nitrogens with one attached hydrogen (secondary N) is 2. The molecule has 33 heavy (non-hydrogen) atoms. The Labute approximate surface area is 216 Å². The van der Waals surface area contributed by atoms with Crippen LogP contribution in [-0.4, -0.2) is 28.7 Å². The van der Waals surface area contributed by atoms with Crippen molar-refractivity contribution in [3.8, 4) is 17.2 Å². The van der Waals surface area contributed by atoms with Crippen LogP contribution < -0.4 is 10.6 Å². The van der Waals surface area contributed by atoms with Gasteiger partial charge < -0.3 is 10.6 Å². The van der Waals surface area contributed by atoms with E-state index in [1.165, 1.54) is 0 Å². The number of aromatic nitrogens is 3. The summed E-state index contributed by atoms with van der Waals surface area (Å²) in [4.78, 5) is 16.9. The Morgan fingerprint density at radius 3 is 2.73 bits per heavy atom. The van der Waals surface area contributed by atoms with Gasteiger partial charge in [-0.25, -0.2) is 8.91 Å². The summed E-state index contributed by atoms with van der Waals surface area (Å²) in [6, 6.07) is 20.2. The van der Waals surface area contributed by atoms with Crippen molar-refractivity contribution in [2.45, 2.75) is 8.10 Å². The summed E-state index contributed by atoms with van der Waals surface area (Å²) in [5.74, 6) is 0.121. The van der Waals surface area contributed by atoms with E-state index in [0.717, 1.165) is 11.1 Å². The average Bonchev–Trinajstić information content (AvgIpc) is 3.20. The minimum Gasteiger partial charge on any atom is -0.352 e. The number of hydrogen-bond donors (Lipinski definition) is 2. The van der Waals surface area contributed by atoms with Crippen molar-refractivity contribution in [1.29, 1.82) is 5.26 Å². The molecule has 0 aliphatic rings. The first kappa shape index (κ1) is 23.4. The van der Waals surface area contributed by atoms with Crippen LogP contribution in [-0.2, 0) is 0 Å². The monoisotopic (exact) mass is 666 g/mol. The molecule has 2 aromatic carbocycles. The van der Waals surface area contributed by atoms with Crippen LogP contribution in [0, 0.1) is 11.3 Å². The number of hydrogen-bond acceptors (Lipinski definition) is 5. The van der Waals surface area contributed by atoms with E-state index in [1.54, 1.807) is 86.1 Å². The Morgan fingerprint density at radius 2 is 1.94 bits per heavy atom. The largest absolute Gasteiger partial charge is 0.352 e. The zero-order valence-electron chi connectivity index (χ0n) is 17.1. The Kier molecular flexibility index (Phi) is 7.08. The van der Waals surface area contributed by atoms with Crippen molar-refractivity contribution in [3.05, 3.63) is 78.0 Å². The molecule has 0 bridgehead atoms. The fourth-order valence-corrected chi connectivity index (χ4v) is 3.72. The van der Waals surface area contributed by atoms with E-state index >= 15 is 0 Å². The quantitative estimate of drug-likeness (QED) is 0.197. The predicted octanol–water partition coefficient (Wildman–Crippen LogP) is 5.62. The van der Waals surface area contributed by atoms with Crippen LogP contribution in [0.1, 0.15) is 22.3 Å². The molecule has 10 heteroatoms. The smallest absolute Gasteiger partial charge is 0.251 e. The topological polar surface area (TPSA) is 95.1 Å². The van der Waals surface area contributed by atoms with E-state index in [0.29, 0.717) is 28.4 Å². The molecule has 0 aliphatic carbocycles. The predicted molar refractivity (Wildman–Crippen MR) is 142 cm³/mol. The van der Waals surface area contributed by atoms with Gasteiger partial charge in [0.25, 0.3) is 5.91 Å². The van der Waals surface area contributed by atoms with Crippen LogP contribution in [0.3, 0.4) is 0 Å². The summed E-state index contributed by atoms with van der Waals surface area (Å²) < 4.78 is 13.9. The fraction of sp³-hybridized carbons (Fsp3) is 0.130. The van der Waals surface area contributed by atoms with E-state index < -0.39 is 1.68 Å². The molecule has 2 aromatic heterocycles. The highest BCUT2D eigenvalue weighted by molar-refractivity contribution is 14.2. The van der Waals surface area contributed by atoms with E-state index in [-0.39, 0.29) is 18.9 Å². The third-order valence-electron chi connectivity index (χ3n) is 4.78. The van der Waals surface area contributed by atoms with Gasteiger partial charge in [-0.2, -0.15) is 10.2 Å². The summed E-state index contributed by atoms with van der Waals surface area (Å²) in [7, 11) is 0. The van der Waals surface area contributed by atoms with Crippen LogP contribution in [0.4, 0.5) is 16.0 Å². The van der Waals surface area contributed by atoms with Gasteiger partial charge in [-0.3, -0.25) is 4.79 Å². The van der Waals surface area contributed by atoms with Crippen molar-refractivity contribution >= 4 is 68.4 Å². The second kappa shape index (κ2) is 10.0. The van der Waals surface area contributed by atoms with Crippen molar-refractivity contribution in [1.82, 2.24) is 19.9 Å². The van der Waals surface area contributed by atoms with Gasteiger partial charge in [0.15, 0.2) is 5.65 Å². The average molecular weight is 666 g/mol. The summed E-state index contributed by atoms with van der Waals surface area (Å²) in [6.45, 7) is 0.251. The lowest BCUT2D eigenvalue weighted by Crippen LogP contribution is -2.27. The number of rotatable bonds is 7. The molecule has 0 fully saturated rings. The highest BCUT2D eigenvalue weighted by Crippen LogP contribution is 2.32. The van der Waals surface area contributed by atoms with Crippen LogP contribution in [0.25, 0.3) is 16.8 Å². The second-order valence-electron chi connectivity index (χ2n) is 7.14. The molecule has 0 unspecified atom stereocenters. The van der Waals surface area contributed by atoms with Gasteiger partial charge >= 0.3 is 0 Å². The second-order valence-corrected chi connectivity index (χ2v) is 12.6. The zero-order valence-corrected chi connectivity index (χ0v) is 21.4. The summed E-state index contributed by atoms with van der Waals surface area (Å²) in [5.41, 5.74) is 3.96. The molecule has 7 nitrogen and oxygen atoms in total. The van der Waals surface area contributed by atoms with Gasteiger partial charge in [-0.05, 0) is 87.1 Å². The highest BCUT2D eigenvalue weighted by Gasteiger charge is 2.20. The number of fused-ring (bicyclic) bond motifs is 1. The van der Waals surface area contributed by atoms with Crippen LogP contribution in [0.5, 0.6) is 0 Å². The van der Waals surface area contributed by atoms with E-state index in [2.05, 4.69) is 26.8 Å². The lowest BCUT2D eigenvalue weighted by molar-refractivity contribution is 0.0952. The molecular weight excluding hydrogens is 649 g/mol. The fourth-order valence-electron chi connectivity index (χ4n) is 3.18. The maximum Gasteiger partial charge on any atom is 0.251 e. The Morgan fingerprint density at radius 1 is 1.12 bits per heavy atom. The summed E-state index contributed by atoms with van der Waals surface area (Å²) >= 11 is 3.41. The van der Waals surface area contributed by atoms with Gasteiger partial charge in [0, 0.05) is 30.3 Å². The number of benzene rings is 2. The van der Waals surface area contributed by atoms with E-state index in [4.69, 9.17) is 0 Å². The van der Waals surface area contributed by atoms with Gasteiger partial charge in [0.05, 0.1) is 11.3 Å². The maximum absolute atomic E-state index is 13.6. The first-order chi connectivity index (χ1) is 15.8. The molecule has 2 N–H and O–H groups in total. The number of carbonyl (C=O) groups excluding carboxylic acids is 1. The van der Waals surface area contributed by atoms with Crippen LogP contribution in [0.2, 0.25) is 0 Å². The van der Waals surface area contributed by atoms with Crippen molar-refractivity contribution < 1.29 is 9.18 Å². The number of carbonyl (C=O) groups is 1.